The molecule has 0 bridgehead atoms. The van der Waals surface area contributed by atoms with Crippen LogP contribution in [0.4, 0.5) is 13.2 Å². The fourth-order valence-corrected chi connectivity index (χ4v) is 2.80. The predicted octanol–water partition coefficient (Wildman–Crippen LogP) is 3.72. The molecule has 7 nitrogen and oxygen atoms in total. The Morgan fingerprint density at radius 3 is 2.55 bits per heavy atom. The second kappa shape index (κ2) is 9.41. The Kier molecular flexibility index (Phi) is 6.68. The van der Waals surface area contributed by atoms with Crippen molar-refractivity contribution in [1.29, 1.82) is 0 Å². The van der Waals surface area contributed by atoms with Crippen LogP contribution in [0.15, 0.2) is 59.1 Å². The van der Waals surface area contributed by atoms with Crippen molar-refractivity contribution in [3.05, 3.63) is 71.6 Å². The van der Waals surface area contributed by atoms with Crippen LogP contribution in [0.5, 0.6) is 0 Å². The number of esters is 1. The minimum Gasteiger partial charge on any atom is -0.467 e. The summed E-state index contributed by atoms with van der Waals surface area (Å²) in [6.45, 7) is 0. The Hall–Kier alpha value is -3.69. The molecule has 1 atom stereocenters. The first kappa shape index (κ1) is 22.0. The maximum atomic E-state index is 12.9. The fraction of sp³-hybridized carbons (Fsp3) is 0.238. The first-order valence-electron chi connectivity index (χ1n) is 9.20. The van der Waals surface area contributed by atoms with Gasteiger partial charge in [0.15, 0.2) is 6.04 Å². The lowest BCUT2D eigenvalue weighted by Gasteiger charge is -2.16. The molecule has 0 aliphatic heterocycles. The van der Waals surface area contributed by atoms with Crippen LogP contribution < -0.4 is 5.32 Å². The maximum absolute atomic E-state index is 12.9. The molecular weight excluding hydrogens is 415 g/mol. The summed E-state index contributed by atoms with van der Waals surface area (Å²) in [6, 6.07) is 12.2. The van der Waals surface area contributed by atoms with Crippen molar-refractivity contribution >= 4 is 11.9 Å². The zero-order valence-corrected chi connectivity index (χ0v) is 16.3. The number of benzene rings is 2. The molecule has 1 amide bonds. The van der Waals surface area contributed by atoms with Crippen molar-refractivity contribution in [2.75, 3.05) is 7.11 Å². The summed E-state index contributed by atoms with van der Waals surface area (Å²) in [5.41, 5.74) is -0.123. The van der Waals surface area contributed by atoms with Crippen LogP contribution in [-0.4, -0.2) is 29.1 Å². The molecule has 1 N–H and O–H groups in total. The molecule has 0 fully saturated rings. The van der Waals surface area contributed by atoms with Gasteiger partial charge < -0.3 is 14.6 Å². The Morgan fingerprint density at radius 2 is 1.87 bits per heavy atom. The van der Waals surface area contributed by atoms with Crippen molar-refractivity contribution in [1.82, 2.24) is 15.5 Å². The lowest BCUT2D eigenvalue weighted by molar-refractivity contribution is -0.145. The third kappa shape index (κ3) is 5.68. The van der Waals surface area contributed by atoms with E-state index in [0.29, 0.717) is 5.56 Å². The number of hydrogen-bond donors (Lipinski definition) is 1. The van der Waals surface area contributed by atoms with Crippen LogP contribution in [0.2, 0.25) is 0 Å². The van der Waals surface area contributed by atoms with Crippen LogP contribution in [0.25, 0.3) is 11.4 Å². The van der Waals surface area contributed by atoms with E-state index in [0.717, 1.165) is 12.1 Å². The van der Waals surface area contributed by atoms with E-state index in [2.05, 4.69) is 15.5 Å². The topological polar surface area (TPSA) is 94.3 Å². The minimum absolute atomic E-state index is 0.0155. The lowest BCUT2D eigenvalue weighted by atomic mass is 10.1. The molecule has 1 unspecified atom stereocenters. The number of aromatic nitrogens is 2. The molecule has 162 valence electrons. The number of methoxy groups -OCH3 is 1. The second-order valence-electron chi connectivity index (χ2n) is 6.52. The van der Waals surface area contributed by atoms with E-state index in [-0.39, 0.29) is 30.1 Å². The third-order valence-corrected chi connectivity index (χ3v) is 4.36. The molecule has 0 aliphatic rings. The SMILES string of the molecule is COC(=O)C(NC(=O)CCc1nc(-c2cccc(C(F)(F)F)c2)no1)c1ccccc1. The van der Waals surface area contributed by atoms with Crippen LogP contribution in [0.3, 0.4) is 0 Å². The first-order valence-corrected chi connectivity index (χ1v) is 9.20. The van der Waals surface area contributed by atoms with E-state index in [1.54, 1.807) is 30.3 Å². The van der Waals surface area contributed by atoms with E-state index in [1.165, 1.54) is 19.2 Å². The zero-order valence-electron chi connectivity index (χ0n) is 16.3. The molecular formula is C21H18F3N3O4. The van der Waals surface area contributed by atoms with E-state index >= 15 is 0 Å². The highest BCUT2D eigenvalue weighted by atomic mass is 19.4. The van der Waals surface area contributed by atoms with E-state index < -0.39 is 29.7 Å². The molecule has 10 heteroatoms. The van der Waals surface area contributed by atoms with Crippen molar-refractivity contribution in [2.24, 2.45) is 0 Å². The molecule has 2 aromatic carbocycles. The van der Waals surface area contributed by atoms with E-state index in [4.69, 9.17) is 9.26 Å². The number of rotatable bonds is 7. The van der Waals surface area contributed by atoms with E-state index in [1.807, 2.05) is 0 Å². The molecule has 3 aromatic rings. The number of alkyl halides is 3. The standard InChI is InChI=1S/C21H18F3N3O4/c1-30-20(29)18(13-6-3-2-4-7-13)25-16(28)10-11-17-26-19(27-31-17)14-8-5-9-15(12-14)21(22,23)24/h2-9,12,18H,10-11H2,1H3,(H,25,28). The van der Waals surface area contributed by atoms with Gasteiger partial charge in [0.1, 0.15) is 0 Å². The van der Waals surface area contributed by atoms with Gasteiger partial charge in [0.2, 0.25) is 17.6 Å². The summed E-state index contributed by atoms with van der Waals surface area (Å²) < 4.78 is 48.4. The van der Waals surface area contributed by atoms with Gasteiger partial charge in [0.05, 0.1) is 12.7 Å². The molecule has 31 heavy (non-hydrogen) atoms. The van der Waals surface area contributed by atoms with Gasteiger partial charge >= 0.3 is 12.1 Å². The number of carbonyl (C=O) groups is 2. The summed E-state index contributed by atoms with van der Waals surface area (Å²) in [6.07, 6.45) is -4.53. The summed E-state index contributed by atoms with van der Waals surface area (Å²) in [5.74, 6) is -1.02. The predicted molar refractivity (Wildman–Crippen MR) is 102 cm³/mol. The number of aryl methyl sites for hydroxylation is 1. The lowest BCUT2D eigenvalue weighted by Crippen LogP contribution is -2.34. The number of ether oxygens (including phenoxy) is 1. The second-order valence-corrected chi connectivity index (χ2v) is 6.52. The minimum atomic E-state index is -4.49. The van der Waals surface area contributed by atoms with Crippen LogP contribution in [0, 0.1) is 0 Å². The number of nitrogens with zero attached hydrogens (tertiary/aromatic N) is 2. The quantitative estimate of drug-likeness (QED) is 0.571. The van der Waals surface area contributed by atoms with Gasteiger partial charge in [-0.2, -0.15) is 18.2 Å². The summed E-state index contributed by atoms with van der Waals surface area (Å²) in [5, 5.41) is 6.27. The van der Waals surface area contributed by atoms with Crippen LogP contribution in [-0.2, 0) is 26.9 Å². The largest absolute Gasteiger partial charge is 0.467 e. The fourth-order valence-electron chi connectivity index (χ4n) is 2.80. The van der Waals surface area contributed by atoms with Gasteiger partial charge in [0.25, 0.3) is 0 Å². The Morgan fingerprint density at radius 1 is 1.13 bits per heavy atom. The van der Waals surface area contributed by atoms with Crippen LogP contribution in [0.1, 0.15) is 29.5 Å². The number of carbonyl (C=O) groups excluding carboxylic acids is 2. The zero-order chi connectivity index (χ0) is 22.4. The summed E-state index contributed by atoms with van der Waals surface area (Å²) >= 11 is 0. The van der Waals surface area contributed by atoms with Crippen molar-refractivity contribution in [3.8, 4) is 11.4 Å². The molecule has 0 aliphatic carbocycles. The van der Waals surface area contributed by atoms with Crippen molar-refractivity contribution < 1.29 is 32.0 Å². The van der Waals surface area contributed by atoms with Gasteiger partial charge in [-0.15, -0.1) is 0 Å². The molecule has 1 aromatic heterocycles. The normalized spacial score (nSPS) is 12.3. The monoisotopic (exact) mass is 433 g/mol. The number of halogens is 3. The summed E-state index contributed by atoms with van der Waals surface area (Å²) in [7, 11) is 1.22. The molecule has 0 saturated heterocycles. The molecule has 0 spiro atoms. The van der Waals surface area contributed by atoms with Gasteiger partial charge in [-0.3, -0.25) is 4.79 Å². The van der Waals surface area contributed by atoms with Crippen molar-refractivity contribution in [2.45, 2.75) is 25.1 Å². The third-order valence-electron chi connectivity index (χ3n) is 4.36. The maximum Gasteiger partial charge on any atom is 0.416 e. The summed E-state index contributed by atoms with van der Waals surface area (Å²) in [4.78, 5) is 28.4. The smallest absolute Gasteiger partial charge is 0.416 e. The Labute approximate surface area is 175 Å². The van der Waals surface area contributed by atoms with Gasteiger partial charge in [-0.05, 0) is 17.7 Å². The molecule has 0 saturated carbocycles. The Bertz CT molecular complexity index is 1050. The number of hydrogen-bond acceptors (Lipinski definition) is 6. The highest BCUT2D eigenvalue weighted by Crippen LogP contribution is 2.31. The molecule has 1 heterocycles. The van der Waals surface area contributed by atoms with Crippen LogP contribution >= 0.6 is 0 Å². The van der Waals surface area contributed by atoms with Gasteiger partial charge in [0, 0.05) is 18.4 Å². The van der Waals surface area contributed by atoms with Crippen molar-refractivity contribution in [3.63, 3.8) is 0 Å². The molecule has 3 rings (SSSR count). The average Bonchev–Trinajstić information content (AvgIpc) is 3.25. The van der Waals surface area contributed by atoms with Gasteiger partial charge in [-0.1, -0.05) is 47.6 Å². The highest BCUT2D eigenvalue weighted by molar-refractivity contribution is 5.85. The Balaban J connectivity index is 1.64. The molecule has 0 radical (unpaired) electrons. The number of nitrogens with one attached hydrogen (secondary N) is 1. The number of amides is 1. The van der Waals surface area contributed by atoms with E-state index in [9.17, 15) is 22.8 Å². The van der Waals surface area contributed by atoms with Gasteiger partial charge in [-0.25, -0.2) is 4.79 Å². The average molecular weight is 433 g/mol. The highest BCUT2D eigenvalue weighted by Gasteiger charge is 2.31. The first-order chi connectivity index (χ1) is 14.8.